The van der Waals surface area contributed by atoms with Crippen LogP contribution in [0, 0.1) is 5.41 Å². The summed E-state index contributed by atoms with van der Waals surface area (Å²) in [5.41, 5.74) is 2.45. The lowest BCUT2D eigenvalue weighted by atomic mass is 9.97. The first-order valence-corrected chi connectivity index (χ1v) is 13.7. The van der Waals surface area contributed by atoms with Crippen molar-refractivity contribution < 1.29 is 28.5 Å². The van der Waals surface area contributed by atoms with E-state index in [1.54, 1.807) is 40.2 Å². The number of aromatic nitrogens is 2. The van der Waals surface area contributed by atoms with Crippen LogP contribution < -0.4 is 4.74 Å². The highest BCUT2D eigenvalue weighted by Gasteiger charge is 2.32. The Morgan fingerprint density at radius 1 is 1.10 bits per heavy atom. The van der Waals surface area contributed by atoms with Crippen molar-refractivity contribution in [2.45, 2.75) is 40.2 Å². The lowest BCUT2D eigenvalue weighted by Crippen LogP contribution is -2.26. The Kier molecular flexibility index (Phi) is 8.03. The number of ether oxygens (including phenoxy) is 4. The first-order valence-electron chi connectivity index (χ1n) is 13.3. The Bertz CT molecular complexity index is 1600. The zero-order chi connectivity index (χ0) is 29.1. The molecule has 8 nitrogen and oxygen atoms in total. The van der Waals surface area contributed by atoms with Crippen LogP contribution in [0.3, 0.4) is 0 Å². The summed E-state index contributed by atoms with van der Waals surface area (Å²) in [6, 6.07) is 19.0. The Hall–Kier alpha value is -4.30. The smallest absolute Gasteiger partial charge is 0.360 e. The van der Waals surface area contributed by atoms with Crippen molar-refractivity contribution in [2.75, 3.05) is 13.4 Å². The van der Waals surface area contributed by atoms with E-state index in [2.05, 4.69) is 9.55 Å². The molecule has 0 N–H and O–H groups in total. The quantitative estimate of drug-likeness (QED) is 0.207. The van der Waals surface area contributed by atoms with E-state index in [1.165, 1.54) is 0 Å². The van der Waals surface area contributed by atoms with Crippen LogP contribution in [-0.4, -0.2) is 34.9 Å². The van der Waals surface area contributed by atoms with E-state index in [1.807, 2.05) is 60.7 Å². The van der Waals surface area contributed by atoms with Gasteiger partial charge < -0.3 is 23.5 Å². The Morgan fingerprint density at radius 2 is 1.83 bits per heavy atom. The molecule has 4 aromatic rings. The van der Waals surface area contributed by atoms with Gasteiger partial charge in [-0.2, -0.15) is 0 Å². The van der Waals surface area contributed by atoms with Crippen molar-refractivity contribution in [3.8, 4) is 17.0 Å². The third-order valence-corrected chi connectivity index (χ3v) is 6.92. The van der Waals surface area contributed by atoms with Gasteiger partial charge in [-0.05, 0) is 57.0 Å². The molecule has 212 valence electrons. The molecule has 0 radical (unpaired) electrons. The maximum atomic E-state index is 13.1. The minimum Gasteiger partial charge on any atom is -0.462 e. The third kappa shape index (κ3) is 5.93. The predicted molar refractivity (Wildman–Crippen MR) is 156 cm³/mol. The molecule has 0 bridgehead atoms. The summed E-state index contributed by atoms with van der Waals surface area (Å²) < 4.78 is 24.7. The lowest BCUT2D eigenvalue weighted by Gasteiger charge is -2.23. The summed E-state index contributed by atoms with van der Waals surface area (Å²) in [5.74, 6) is -0.507. The second-order valence-corrected chi connectivity index (χ2v) is 11.1. The highest BCUT2D eigenvalue weighted by molar-refractivity contribution is 6.30. The standard InChI is InChI=1S/C32H31ClN2O6/c1-5-39-30(36)28-29(41-31(37)32(2,3)4)23-16-24(21-11-13-22(33)14-12-21)35(26(23)17-34-28)25(27-18-38-19-40-27)15-20-9-7-6-8-10-20/h6-14,16-18,25H,5,15,19H2,1-4H3. The predicted octanol–water partition coefficient (Wildman–Crippen LogP) is 7.11. The number of rotatable bonds is 8. The lowest BCUT2D eigenvalue weighted by molar-refractivity contribution is -0.142. The molecule has 0 amide bonds. The number of nitrogens with zero attached hydrogens (tertiary/aromatic N) is 2. The molecule has 0 fully saturated rings. The number of carbonyl (C=O) groups excluding carboxylic acids is 2. The summed E-state index contributed by atoms with van der Waals surface area (Å²) in [6.45, 7) is 7.20. The second-order valence-electron chi connectivity index (χ2n) is 10.7. The number of carbonyl (C=O) groups is 2. The molecular formula is C32H31ClN2O6. The Labute approximate surface area is 243 Å². The third-order valence-electron chi connectivity index (χ3n) is 6.67. The number of benzene rings is 2. The van der Waals surface area contributed by atoms with Gasteiger partial charge in [-0.25, -0.2) is 9.78 Å². The zero-order valence-corrected chi connectivity index (χ0v) is 24.1. The Morgan fingerprint density at radius 3 is 2.46 bits per heavy atom. The molecule has 41 heavy (non-hydrogen) atoms. The van der Waals surface area contributed by atoms with Gasteiger partial charge in [0.1, 0.15) is 6.26 Å². The summed E-state index contributed by atoms with van der Waals surface area (Å²) in [7, 11) is 0. The molecule has 0 spiro atoms. The van der Waals surface area contributed by atoms with Gasteiger partial charge in [-0.1, -0.05) is 54.1 Å². The second kappa shape index (κ2) is 11.7. The average molecular weight is 575 g/mol. The monoisotopic (exact) mass is 574 g/mol. The van der Waals surface area contributed by atoms with Gasteiger partial charge in [0.15, 0.2) is 17.2 Å². The van der Waals surface area contributed by atoms with Gasteiger partial charge in [0, 0.05) is 22.5 Å². The fraction of sp³-hybridized carbons (Fsp3) is 0.281. The van der Waals surface area contributed by atoms with E-state index in [4.69, 9.17) is 30.5 Å². The molecule has 0 aliphatic carbocycles. The normalized spacial score (nSPS) is 13.7. The van der Waals surface area contributed by atoms with Gasteiger partial charge in [-0.3, -0.25) is 4.79 Å². The molecule has 2 aromatic heterocycles. The van der Waals surface area contributed by atoms with Crippen molar-refractivity contribution in [2.24, 2.45) is 5.41 Å². The van der Waals surface area contributed by atoms with E-state index in [0.29, 0.717) is 28.1 Å². The summed E-state index contributed by atoms with van der Waals surface area (Å²) in [4.78, 5) is 30.6. The van der Waals surface area contributed by atoms with Crippen LogP contribution in [0.1, 0.15) is 49.8 Å². The van der Waals surface area contributed by atoms with Crippen LogP contribution in [0.2, 0.25) is 5.02 Å². The summed E-state index contributed by atoms with van der Waals surface area (Å²) >= 11 is 6.23. The topological polar surface area (TPSA) is 88.9 Å². The molecular weight excluding hydrogens is 544 g/mol. The van der Waals surface area contributed by atoms with Gasteiger partial charge in [-0.15, -0.1) is 0 Å². The number of hydrogen-bond donors (Lipinski definition) is 0. The van der Waals surface area contributed by atoms with Gasteiger partial charge in [0.25, 0.3) is 0 Å². The van der Waals surface area contributed by atoms with Crippen molar-refractivity contribution >= 4 is 34.4 Å². The van der Waals surface area contributed by atoms with Crippen LogP contribution in [0.4, 0.5) is 0 Å². The van der Waals surface area contributed by atoms with E-state index >= 15 is 0 Å². The number of esters is 2. The molecule has 3 heterocycles. The number of fused-ring (bicyclic) bond motifs is 1. The Balaban J connectivity index is 1.80. The minimum atomic E-state index is -0.828. The van der Waals surface area contributed by atoms with Crippen LogP contribution in [0.15, 0.2) is 78.9 Å². The molecule has 1 atom stereocenters. The summed E-state index contributed by atoms with van der Waals surface area (Å²) in [5, 5.41) is 1.13. The fourth-order valence-electron chi connectivity index (χ4n) is 4.62. The van der Waals surface area contributed by atoms with Gasteiger partial charge in [0.05, 0.1) is 29.8 Å². The first kappa shape index (κ1) is 28.2. The van der Waals surface area contributed by atoms with Crippen LogP contribution in [0.25, 0.3) is 22.2 Å². The largest absolute Gasteiger partial charge is 0.462 e. The SMILES string of the molecule is CCOC(=O)c1ncc2c(cc(-c3ccc(Cl)cc3)n2C(Cc2ccccc2)C2=COCO2)c1OC(=O)C(C)(C)C. The van der Waals surface area contributed by atoms with Crippen molar-refractivity contribution in [3.63, 3.8) is 0 Å². The number of halogens is 1. The van der Waals surface area contributed by atoms with Crippen LogP contribution in [0.5, 0.6) is 5.75 Å². The number of pyridine rings is 1. The fourth-order valence-corrected chi connectivity index (χ4v) is 4.75. The van der Waals surface area contributed by atoms with E-state index < -0.39 is 17.4 Å². The zero-order valence-electron chi connectivity index (χ0n) is 23.3. The molecule has 1 unspecified atom stereocenters. The average Bonchev–Trinajstić information content (AvgIpc) is 3.61. The molecule has 1 aliphatic rings. The maximum absolute atomic E-state index is 13.1. The van der Waals surface area contributed by atoms with Crippen molar-refractivity contribution in [1.29, 1.82) is 0 Å². The molecule has 9 heteroatoms. The van der Waals surface area contributed by atoms with Crippen LogP contribution >= 0.6 is 11.6 Å². The number of allylic oxidation sites excluding steroid dienone is 1. The van der Waals surface area contributed by atoms with E-state index in [-0.39, 0.29) is 30.9 Å². The van der Waals surface area contributed by atoms with Gasteiger partial charge in [0.2, 0.25) is 6.79 Å². The van der Waals surface area contributed by atoms with Crippen LogP contribution in [-0.2, 0) is 25.4 Å². The summed E-state index contributed by atoms with van der Waals surface area (Å²) in [6.07, 6.45) is 3.78. The highest BCUT2D eigenvalue weighted by Crippen LogP contribution is 2.41. The molecule has 1 aliphatic heterocycles. The number of hydrogen-bond acceptors (Lipinski definition) is 7. The van der Waals surface area contributed by atoms with Crippen molar-refractivity contribution in [3.05, 3.63) is 95.2 Å². The van der Waals surface area contributed by atoms with E-state index in [0.717, 1.165) is 16.8 Å². The highest BCUT2D eigenvalue weighted by atomic mass is 35.5. The molecule has 0 saturated carbocycles. The molecule has 5 rings (SSSR count). The molecule has 2 aromatic carbocycles. The minimum absolute atomic E-state index is 0.0471. The van der Waals surface area contributed by atoms with E-state index in [9.17, 15) is 9.59 Å². The van der Waals surface area contributed by atoms with Gasteiger partial charge >= 0.3 is 11.9 Å². The first-order chi connectivity index (χ1) is 19.7. The van der Waals surface area contributed by atoms with Crippen molar-refractivity contribution in [1.82, 2.24) is 9.55 Å². The molecule has 0 saturated heterocycles. The maximum Gasteiger partial charge on any atom is 0.360 e.